The van der Waals surface area contributed by atoms with Crippen molar-refractivity contribution in [1.82, 2.24) is 0 Å². The summed E-state index contributed by atoms with van der Waals surface area (Å²) in [6, 6.07) is 16.1. The van der Waals surface area contributed by atoms with E-state index >= 15 is 0 Å². The van der Waals surface area contributed by atoms with E-state index in [-0.39, 0.29) is 10.6 Å². The van der Waals surface area contributed by atoms with Crippen LogP contribution in [0, 0.1) is 20.8 Å². The zero-order chi connectivity index (χ0) is 28.5. The minimum absolute atomic E-state index is 0.208. The quantitative estimate of drug-likeness (QED) is 0.101. The van der Waals surface area contributed by atoms with Crippen molar-refractivity contribution in [2.75, 3.05) is 22.9 Å². The number of rotatable bonds is 6. The first-order valence-electron chi connectivity index (χ1n) is 11.7. The standard InChI is InChI=1S/C27H28N8O3S/c1-14-8-17(32-34-25-9-15(2)21(28)12-23(25)30)4-6-19(14)20-7-5-18(11-27(20)39(36,37)38)33-35-26-10-16(3)22(29)13-24(26)31/h4-13H,28-31H2,1-3H3,(H,36,37,38). The van der Waals surface area contributed by atoms with Crippen molar-refractivity contribution in [2.24, 2.45) is 20.5 Å². The Labute approximate surface area is 226 Å². The molecule has 9 N–H and O–H groups in total. The molecule has 200 valence electrons. The van der Waals surface area contributed by atoms with Gasteiger partial charge in [-0.25, -0.2) is 0 Å². The minimum atomic E-state index is -4.60. The van der Waals surface area contributed by atoms with Crippen LogP contribution in [0.3, 0.4) is 0 Å². The van der Waals surface area contributed by atoms with E-state index in [2.05, 4.69) is 20.5 Å². The van der Waals surface area contributed by atoms with Gasteiger partial charge in [0.1, 0.15) is 16.3 Å². The summed E-state index contributed by atoms with van der Waals surface area (Å²) in [7, 11) is -4.60. The molecule has 0 atom stereocenters. The second kappa shape index (κ2) is 10.5. The molecule has 0 spiro atoms. The number of anilines is 4. The molecule has 0 heterocycles. The summed E-state index contributed by atoms with van der Waals surface area (Å²) in [5.41, 5.74) is 30.3. The van der Waals surface area contributed by atoms with Crippen LogP contribution in [0.25, 0.3) is 11.1 Å². The van der Waals surface area contributed by atoms with Gasteiger partial charge in [-0.05, 0) is 91.6 Å². The van der Waals surface area contributed by atoms with Crippen molar-refractivity contribution in [3.05, 3.63) is 77.4 Å². The molecule has 0 aliphatic carbocycles. The third-order valence-electron chi connectivity index (χ3n) is 6.12. The molecule has 0 amide bonds. The van der Waals surface area contributed by atoms with Crippen LogP contribution in [0.1, 0.15) is 16.7 Å². The SMILES string of the molecule is Cc1cc(N=Nc2ccc(-c3ccc(N=Nc4cc(C)c(N)cc4N)cc3S(=O)(=O)O)c(C)c2)c(N)cc1N. The molecule has 0 saturated carbocycles. The summed E-state index contributed by atoms with van der Waals surface area (Å²) in [4.78, 5) is -0.317. The first-order chi connectivity index (χ1) is 18.3. The fraction of sp³-hybridized carbons (Fsp3) is 0.111. The van der Waals surface area contributed by atoms with Crippen molar-refractivity contribution in [2.45, 2.75) is 25.7 Å². The first kappa shape index (κ1) is 27.2. The Bertz CT molecular complexity index is 1770. The number of aryl methyl sites for hydroxylation is 3. The third-order valence-corrected chi connectivity index (χ3v) is 7.01. The second-order valence-corrected chi connectivity index (χ2v) is 10.5. The summed E-state index contributed by atoms with van der Waals surface area (Å²) in [5, 5.41) is 16.7. The number of hydrogen-bond acceptors (Lipinski definition) is 10. The number of azo groups is 2. The fourth-order valence-electron chi connectivity index (χ4n) is 3.87. The highest BCUT2D eigenvalue weighted by Crippen LogP contribution is 2.36. The average molecular weight is 545 g/mol. The highest BCUT2D eigenvalue weighted by molar-refractivity contribution is 7.86. The van der Waals surface area contributed by atoms with Crippen LogP contribution in [0.5, 0.6) is 0 Å². The Morgan fingerprint density at radius 2 is 1.03 bits per heavy atom. The van der Waals surface area contributed by atoms with Gasteiger partial charge in [0.05, 0.1) is 22.7 Å². The van der Waals surface area contributed by atoms with Crippen LogP contribution in [0.2, 0.25) is 0 Å². The molecule has 0 radical (unpaired) electrons. The molecule has 0 fully saturated rings. The topological polar surface area (TPSA) is 208 Å². The lowest BCUT2D eigenvalue weighted by atomic mass is 10.00. The highest BCUT2D eigenvalue weighted by Gasteiger charge is 2.19. The summed E-state index contributed by atoms with van der Waals surface area (Å²) >= 11 is 0. The lowest BCUT2D eigenvalue weighted by Crippen LogP contribution is -2.01. The van der Waals surface area contributed by atoms with Gasteiger partial charge in [0.2, 0.25) is 0 Å². The normalized spacial score (nSPS) is 12.0. The molecule has 4 aromatic carbocycles. The molecular formula is C27H28N8O3S. The summed E-state index contributed by atoms with van der Waals surface area (Å²) in [6.07, 6.45) is 0. The molecule has 39 heavy (non-hydrogen) atoms. The van der Waals surface area contributed by atoms with E-state index in [0.717, 1.165) is 11.1 Å². The van der Waals surface area contributed by atoms with Gasteiger partial charge in [-0.15, -0.1) is 10.2 Å². The van der Waals surface area contributed by atoms with Crippen molar-refractivity contribution >= 4 is 55.6 Å². The third kappa shape index (κ3) is 6.03. The van der Waals surface area contributed by atoms with Crippen LogP contribution in [-0.4, -0.2) is 13.0 Å². The number of benzene rings is 4. The molecule has 4 rings (SSSR count). The Kier molecular flexibility index (Phi) is 7.34. The summed E-state index contributed by atoms with van der Waals surface area (Å²) < 4.78 is 34.6. The van der Waals surface area contributed by atoms with Crippen LogP contribution in [-0.2, 0) is 10.1 Å². The molecule has 0 aromatic heterocycles. The van der Waals surface area contributed by atoms with Gasteiger partial charge in [-0.3, -0.25) is 4.55 Å². The van der Waals surface area contributed by atoms with Gasteiger partial charge < -0.3 is 22.9 Å². The Balaban J connectivity index is 1.68. The van der Waals surface area contributed by atoms with E-state index in [1.165, 1.54) is 6.07 Å². The van der Waals surface area contributed by atoms with Crippen LogP contribution < -0.4 is 22.9 Å². The lowest BCUT2D eigenvalue weighted by Gasteiger charge is -2.11. The van der Waals surface area contributed by atoms with Gasteiger partial charge in [-0.2, -0.15) is 18.6 Å². The van der Waals surface area contributed by atoms with Gasteiger partial charge >= 0.3 is 0 Å². The maximum absolute atomic E-state index is 12.3. The van der Waals surface area contributed by atoms with Crippen LogP contribution >= 0.6 is 0 Å². The number of nitrogen functional groups attached to an aromatic ring is 4. The van der Waals surface area contributed by atoms with E-state index in [1.54, 1.807) is 61.5 Å². The second-order valence-electron chi connectivity index (χ2n) is 9.09. The Morgan fingerprint density at radius 1 is 0.564 bits per heavy atom. The van der Waals surface area contributed by atoms with Crippen molar-refractivity contribution < 1.29 is 13.0 Å². The average Bonchev–Trinajstić information content (AvgIpc) is 2.86. The van der Waals surface area contributed by atoms with E-state index in [9.17, 15) is 13.0 Å². The molecule has 12 heteroatoms. The van der Waals surface area contributed by atoms with Crippen LogP contribution in [0.4, 0.5) is 45.5 Å². The largest absolute Gasteiger partial charge is 0.398 e. The molecule has 4 aromatic rings. The van der Waals surface area contributed by atoms with Crippen molar-refractivity contribution in [3.63, 3.8) is 0 Å². The van der Waals surface area contributed by atoms with E-state index in [4.69, 9.17) is 22.9 Å². The molecular weight excluding hydrogens is 516 g/mol. The number of hydrogen-bond donors (Lipinski definition) is 5. The maximum Gasteiger partial charge on any atom is 0.295 e. The molecule has 0 unspecified atom stereocenters. The molecule has 0 aliphatic rings. The zero-order valence-electron chi connectivity index (χ0n) is 21.5. The zero-order valence-corrected chi connectivity index (χ0v) is 22.4. The molecule has 0 aliphatic heterocycles. The summed E-state index contributed by atoms with van der Waals surface area (Å²) in [5.74, 6) is 0. The monoisotopic (exact) mass is 544 g/mol. The predicted octanol–water partition coefficient (Wildman–Crippen LogP) is 6.69. The number of nitrogens with two attached hydrogens (primary N) is 4. The van der Waals surface area contributed by atoms with Crippen molar-refractivity contribution in [1.29, 1.82) is 0 Å². The smallest absolute Gasteiger partial charge is 0.295 e. The molecule has 11 nitrogen and oxygen atoms in total. The Hall–Kier alpha value is -4.81. The van der Waals surface area contributed by atoms with Gasteiger partial charge in [0, 0.05) is 16.9 Å². The van der Waals surface area contributed by atoms with E-state index in [0.29, 0.717) is 56.5 Å². The number of nitrogens with zero attached hydrogens (tertiary/aromatic N) is 4. The van der Waals surface area contributed by atoms with Gasteiger partial charge in [0.25, 0.3) is 10.1 Å². The van der Waals surface area contributed by atoms with E-state index < -0.39 is 10.1 Å². The predicted molar refractivity (Wildman–Crippen MR) is 155 cm³/mol. The lowest BCUT2D eigenvalue weighted by molar-refractivity contribution is 0.483. The van der Waals surface area contributed by atoms with Gasteiger partial charge in [0.15, 0.2) is 0 Å². The first-order valence-corrected chi connectivity index (χ1v) is 13.1. The fourth-order valence-corrected chi connectivity index (χ4v) is 4.60. The maximum atomic E-state index is 12.3. The minimum Gasteiger partial charge on any atom is -0.398 e. The van der Waals surface area contributed by atoms with E-state index in [1.807, 2.05) is 13.8 Å². The van der Waals surface area contributed by atoms with Crippen LogP contribution in [0.15, 0.2) is 86.0 Å². The van der Waals surface area contributed by atoms with Crippen molar-refractivity contribution in [3.8, 4) is 11.1 Å². The molecule has 0 saturated heterocycles. The Morgan fingerprint density at radius 3 is 1.49 bits per heavy atom. The molecule has 0 bridgehead atoms. The summed E-state index contributed by atoms with van der Waals surface area (Å²) in [6.45, 7) is 5.45. The highest BCUT2D eigenvalue weighted by atomic mass is 32.2. The van der Waals surface area contributed by atoms with Gasteiger partial charge in [-0.1, -0.05) is 12.1 Å².